The molecule has 7 heteroatoms. The van der Waals surface area contributed by atoms with Crippen molar-refractivity contribution in [3.8, 4) is 0 Å². The van der Waals surface area contributed by atoms with Gasteiger partial charge < -0.3 is 10.1 Å². The van der Waals surface area contributed by atoms with Gasteiger partial charge in [0.1, 0.15) is 6.33 Å². The Labute approximate surface area is 92.8 Å². The first-order chi connectivity index (χ1) is 7.86. The van der Waals surface area contributed by atoms with Crippen LogP contribution in [0.15, 0.2) is 6.33 Å². The second-order valence-corrected chi connectivity index (χ2v) is 3.30. The Balaban J connectivity index is 2.27. The average molecular weight is 222 g/mol. The molecular weight excluding hydrogens is 208 g/mol. The molecule has 0 radical (unpaired) electrons. The Kier molecular flexibility index (Phi) is 3.25. The number of hydrogen-bond donors (Lipinski definition) is 1. The predicted molar refractivity (Wildman–Crippen MR) is 59.2 cm³/mol. The first kappa shape index (κ1) is 10.7. The molecule has 2 heterocycles. The summed E-state index contributed by atoms with van der Waals surface area (Å²) in [5, 5.41) is 11.1. The molecular formula is C9H14N6O. The normalized spacial score (nSPS) is 10.9. The molecule has 0 saturated heterocycles. The number of methoxy groups -OCH3 is 1. The lowest BCUT2D eigenvalue weighted by molar-refractivity contribution is 0.189. The standard InChI is InChI=1S/C9H14N6O/c1-10-8-7-9(12-6-11-8)15(14-13-7)4-3-5-16-2/h6H,3-5H2,1-2H3,(H,10,11,12). The van der Waals surface area contributed by atoms with Crippen LogP contribution in [0.4, 0.5) is 5.82 Å². The van der Waals surface area contributed by atoms with E-state index >= 15 is 0 Å². The van der Waals surface area contributed by atoms with E-state index in [4.69, 9.17) is 4.74 Å². The molecule has 0 saturated carbocycles. The maximum atomic E-state index is 4.99. The van der Waals surface area contributed by atoms with E-state index in [1.807, 2.05) is 0 Å². The fourth-order valence-corrected chi connectivity index (χ4v) is 1.48. The van der Waals surface area contributed by atoms with Crippen molar-refractivity contribution in [2.24, 2.45) is 0 Å². The van der Waals surface area contributed by atoms with Crippen LogP contribution in [0, 0.1) is 0 Å². The van der Waals surface area contributed by atoms with E-state index in [0.29, 0.717) is 17.9 Å². The van der Waals surface area contributed by atoms with E-state index in [-0.39, 0.29) is 0 Å². The molecule has 0 aliphatic heterocycles. The molecule has 0 bridgehead atoms. The van der Waals surface area contributed by atoms with Gasteiger partial charge in [0, 0.05) is 27.3 Å². The summed E-state index contributed by atoms with van der Waals surface area (Å²) in [5.41, 5.74) is 1.44. The number of hydrogen-bond acceptors (Lipinski definition) is 6. The van der Waals surface area contributed by atoms with Crippen molar-refractivity contribution in [3.05, 3.63) is 6.33 Å². The van der Waals surface area contributed by atoms with E-state index in [1.54, 1.807) is 18.8 Å². The number of rotatable bonds is 5. The molecule has 0 spiro atoms. The monoisotopic (exact) mass is 222 g/mol. The molecule has 86 valence electrons. The highest BCUT2D eigenvalue weighted by Crippen LogP contribution is 2.14. The maximum Gasteiger partial charge on any atom is 0.183 e. The fourth-order valence-electron chi connectivity index (χ4n) is 1.48. The van der Waals surface area contributed by atoms with E-state index < -0.39 is 0 Å². The molecule has 0 fully saturated rings. The Bertz CT molecular complexity index is 468. The Morgan fingerprint density at radius 2 is 2.31 bits per heavy atom. The van der Waals surface area contributed by atoms with Crippen LogP contribution in [0.1, 0.15) is 6.42 Å². The van der Waals surface area contributed by atoms with Crippen LogP contribution in [0.5, 0.6) is 0 Å². The summed E-state index contributed by atoms with van der Waals surface area (Å²) < 4.78 is 6.75. The SMILES string of the molecule is CNc1ncnc2c1nnn2CCCOC. The van der Waals surface area contributed by atoms with E-state index in [1.165, 1.54) is 6.33 Å². The van der Waals surface area contributed by atoms with Gasteiger partial charge in [-0.15, -0.1) is 5.10 Å². The van der Waals surface area contributed by atoms with Gasteiger partial charge in [-0.3, -0.25) is 0 Å². The lowest BCUT2D eigenvalue weighted by atomic mass is 10.4. The molecule has 0 amide bonds. The third-order valence-corrected chi connectivity index (χ3v) is 2.26. The first-order valence-electron chi connectivity index (χ1n) is 5.07. The summed E-state index contributed by atoms with van der Waals surface area (Å²) in [7, 11) is 3.48. The average Bonchev–Trinajstić information content (AvgIpc) is 2.73. The van der Waals surface area contributed by atoms with Crippen molar-refractivity contribution >= 4 is 17.0 Å². The molecule has 16 heavy (non-hydrogen) atoms. The summed E-state index contributed by atoms with van der Waals surface area (Å²) in [6.45, 7) is 1.44. The molecule has 2 aromatic rings. The summed E-state index contributed by atoms with van der Waals surface area (Å²) in [6.07, 6.45) is 2.39. The highest BCUT2D eigenvalue weighted by Gasteiger charge is 2.09. The quantitative estimate of drug-likeness (QED) is 0.733. The van der Waals surface area contributed by atoms with Crippen LogP contribution < -0.4 is 5.32 Å². The number of nitrogens with one attached hydrogen (secondary N) is 1. The second-order valence-electron chi connectivity index (χ2n) is 3.30. The molecule has 1 N–H and O–H groups in total. The van der Waals surface area contributed by atoms with E-state index in [0.717, 1.165) is 18.6 Å². The zero-order chi connectivity index (χ0) is 11.4. The van der Waals surface area contributed by atoms with Gasteiger partial charge >= 0.3 is 0 Å². The third-order valence-electron chi connectivity index (χ3n) is 2.26. The van der Waals surface area contributed by atoms with Gasteiger partial charge in [-0.1, -0.05) is 5.21 Å². The third kappa shape index (κ3) is 1.94. The topological polar surface area (TPSA) is 77.8 Å². The van der Waals surface area contributed by atoms with Gasteiger partial charge in [0.2, 0.25) is 0 Å². The smallest absolute Gasteiger partial charge is 0.183 e. The zero-order valence-corrected chi connectivity index (χ0v) is 9.34. The number of aromatic nitrogens is 5. The van der Waals surface area contributed by atoms with Crippen molar-refractivity contribution in [1.82, 2.24) is 25.0 Å². The highest BCUT2D eigenvalue weighted by atomic mass is 16.5. The molecule has 0 atom stereocenters. The molecule has 0 aromatic carbocycles. The summed E-state index contributed by atoms with van der Waals surface area (Å²) in [6, 6.07) is 0. The van der Waals surface area contributed by atoms with Gasteiger partial charge in [0.05, 0.1) is 0 Å². The van der Waals surface area contributed by atoms with Crippen molar-refractivity contribution in [3.63, 3.8) is 0 Å². The van der Waals surface area contributed by atoms with Gasteiger partial charge in [-0.2, -0.15) is 0 Å². The number of aryl methyl sites for hydroxylation is 1. The Morgan fingerprint density at radius 1 is 1.44 bits per heavy atom. The van der Waals surface area contributed by atoms with Crippen LogP contribution in [0.25, 0.3) is 11.2 Å². The fraction of sp³-hybridized carbons (Fsp3) is 0.556. The van der Waals surface area contributed by atoms with E-state index in [9.17, 15) is 0 Å². The molecule has 0 aliphatic rings. The van der Waals surface area contributed by atoms with Gasteiger partial charge in [-0.25, -0.2) is 14.6 Å². The number of ether oxygens (including phenoxy) is 1. The number of nitrogens with zero attached hydrogens (tertiary/aromatic N) is 5. The lowest BCUT2D eigenvalue weighted by Crippen LogP contribution is -2.04. The van der Waals surface area contributed by atoms with E-state index in [2.05, 4.69) is 25.6 Å². The summed E-state index contributed by atoms with van der Waals surface area (Å²) in [5.74, 6) is 0.697. The minimum atomic E-state index is 0.697. The maximum absolute atomic E-state index is 4.99. The largest absolute Gasteiger partial charge is 0.385 e. The van der Waals surface area contributed by atoms with Crippen molar-refractivity contribution in [2.75, 3.05) is 26.1 Å². The molecule has 7 nitrogen and oxygen atoms in total. The minimum Gasteiger partial charge on any atom is -0.385 e. The van der Waals surface area contributed by atoms with Crippen LogP contribution >= 0.6 is 0 Å². The van der Waals surface area contributed by atoms with Crippen LogP contribution in [-0.2, 0) is 11.3 Å². The molecule has 0 unspecified atom stereocenters. The van der Waals surface area contributed by atoms with Crippen LogP contribution in [0.3, 0.4) is 0 Å². The number of fused-ring (bicyclic) bond motifs is 1. The highest BCUT2D eigenvalue weighted by molar-refractivity contribution is 5.81. The van der Waals surface area contributed by atoms with Gasteiger partial charge in [-0.05, 0) is 6.42 Å². The summed E-state index contributed by atoms with van der Waals surface area (Å²) in [4.78, 5) is 8.25. The predicted octanol–water partition coefficient (Wildman–Crippen LogP) is 0.299. The molecule has 2 aromatic heterocycles. The Morgan fingerprint density at radius 3 is 3.06 bits per heavy atom. The van der Waals surface area contributed by atoms with Gasteiger partial charge in [0.25, 0.3) is 0 Å². The minimum absolute atomic E-state index is 0.697. The first-order valence-corrected chi connectivity index (χ1v) is 5.07. The van der Waals surface area contributed by atoms with Gasteiger partial charge in [0.15, 0.2) is 17.0 Å². The van der Waals surface area contributed by atoms with Crippen molar-refractivity contribution < 1.29 is 4.74 Å². The molecule has 0 aliphatic carbocycles. The van der Waals surface area contributed by atoms with Crippen molar-refractivity contribution in [2.45, 2.75) is 13.0 Å². The zero-order valence-electron chi connectivity index (χ0n) is 9.34. The molecule has 2 rings (SSSR count). The second kappa shape index (κ2) is 4.84. The number of anilines is 1. The van der Waals surface area contributed by atoms with Crippen LogP contribution in [-0.4, -0.2) is 45.7 Å². The Hall–Kier alpha value is -1.76. The summed E-state index contributed by atoms with van der Waals surface area (Å²) >= 11 is 0. The lowest BCUT2D eigenvalue weighted by Gasteiger charge is -2.01. The van der Waals surface area contributed by atoms with Crippen LogP contribution in [0.2, 0.25) is 0 Å². The van der Waals surface area contributed by atoms with Crippen molar-refractivity contribution in [1.29, 1.82) is 0 Å².